The van der Waals surface area contributed by atoms with Gasteiger partial charge in [0.25, 0.3) is 0 Å². The number of anilines is 1. The SMILES string of the molecule is CCS(=O)c1cc(Cl)ccc1N. The van der Waals surface area contributed by atoms with Gasteiger partial charge in [0.05, 0.1) is 15.7 Å². The van der Waals surface area contributed by atoms with E-state index >= 15 is 0 Å². The van der Waals surface area contributed by atoms with E-state index in [0.29, 0.717) is 21.4 Å². The van der Waals surface area contributed by atoms with Gasteiger partial charge in [-0.25, -0.2) is 0 Å². The predicted molar refractivity (Wildman–Crippen MR) is 52.8 cm³/mol. The van der Waals surface area contributed by atoms with Gasteiger partial charge in [-0.05, 0) is 18.2 Å². The lowest BCUT2D eigenvalue weighted by Crippen LogP contribution is -1.99. The van der Waals surface area contributed by atoms with Crippen LogP contribution in [0.5, 0.6) is 0 Å². The third-order valence-electron chi connectivity index (χ3n) is 1.48. The average molecular weight is 204 g/mol. The largest absolute Gasteiger partial charge is 0.398 e. The Bertz CT molecular complexity index is 314. The molecule has 0 aliphatic heterocycles. The highest BCUT2D eigenvalue weighted by atomic mass is 35.5. The minimum atomic E-state index is -1.02. The molecule has 1 unspecified atom stereocenters. The van der Waals surface area contributed by atoms with E-state index in [1.165, 1.54) is 0 Å². The summed E-state index contributed by atoms with van der Waals surface area (Å²) in [5.74, 6) is 0.560. The van der Waals surface area contributed by atoms with E-state index in [-0.39, 0.29) is 0 Å². The first-order valence-corrected chi connectivity index (χ1v) is 5.28. The molecular formula is C8H10ClNOS. The summed E-state index contributed by atoms with van der Waals surface area (Å²) in [6.07, 6.45) is 0. The lowest BCUT2D eigenvalue weighted by atomic mass is 10.3. The van der Waals surface area contributed by atoms with Crippen molar-refractivity contribution in [1.82, 2.24) is 0 Å². The van der Waals surface area contributed by atoms with Gasteiger partial charge in [-0.15, -0.1) is 0 Å². The van der Waals surface area contributed by atoms with Crippen LogP contribution in [0.4, 0.5) is 5.69 Å². The second-order valence-corrected chi connectivity index (χ2v) is 4.46. The van der Waals surface area contributed by atoms with Crippen LogP contribution < -0.4 is 5.73 Å². The van der Waals surface area contributed by atoms with Crippen molar-refractivity contribution < 1.29 is 4.21 Å². The van der Waals surface area contributed by atoms with Gasteiger partial charge in [0.1, 0.15) is 0 Å². The van der Waals surface area contributed by atoms with Crippen LogP contribution in [0.1, 0.15) is 6.92 Å². The highest BCUT2D eigenvalue weighted by Crippen LogP contribution is 2.21. The molecule has 4 heteroatoms. The summed E-state index contributed by atoms with van der Waals surface area (Å²) in [6.45, 7) is 1.84. The number of hydrogen-bond donors (Lipinski definition) is 1. The maximum absolute atomic E-state index is 11.4. The smallest absolute Gasteiger partial charge is 0.0632 e. The molecule has 0 radical (unpaired) electrons. The fourth-order valence-corrected chi connectivity index (χ4v) is 2.00. The maximum Gasteiger partial charge on any atom is 0.0632 e. The van der Waals surface area contributed by atoms with Crippen molar-refractivity contribution in [3.8, 4) is 0 Å². The quantitative estimate of drug-likeness (QED) is 0.748. The van der Waals surface area contributed by atoms with Crippen molar-refractivity contribution in [2.45, 2.75) is 11.8 Å². The fourth-order valence-electron chi connectivity index (χ4n) is 0.861. The molecule has 0 amide bonds. The van der Waals surface area contributed by atoms with E-state index in [9.17, 15) is 4.21 Å². The molecule has 0 aliphatic carbocycles. The van der Waals surface area contributed by atoms with Crippen molar-refractivity contribution in [3.63, 3.8) is 0 Å². The van der Waals surface area contributed by atoms with Gasteiger partial charge >= 0.3 is 0 Å². The van der Waals surface area contributed by atoms with Crippen LogP contribution in [0, 0.1) is 0 Å². The van der Waals surface area contributed by atoms with Gasteiger partial charge in [-0.2, -0.15) is 0 Å². The summed E-state index contributed by atoms with van der Waals surface area (Å²) >= 11 is 5.73. The van der Waals surface area contributed by atoms with Crippen molar-refractivity contribution in [2.75, 3.05) is 11.5 Å². The summed E-state index contributed by atoms with van der Waals surface area (Å²) in [5, 5.41) is 0.570. The van der Waals surface area contributed by atoms with Crippen LogP contribution >= 0.6 is 11.6 Å². The van der Waals surface area contributed by atoms with Crippen LogP contribution in [0.15, 0.2) is 23.1 Å². The van der Waals surface area contributed by atoms with Crippen molar-refractivity contribution >= 4 is 28.1 Å². The van der Waals surface area contributed by atoms with E-state index < -0.39 is 10.8 Å². The lowest BCUT2D eigenvalue weighted by molar-refractivity contribution is 0.684. The van der Waals surface area contributed by atoms with Crippen LogP contribution in [0.2, 0.25) is 5.02 Å². The molecule has 2 N–H and O–H groups in total. The highest BCUT2D eigenvalue weighted by molar-refractivity contribution is 7.85. The number of nitrogens with two attached hydrogens (primary N) is 1. The van der Waals surface area contributed by atoms with Gasteiger partial charge in [-0.3, -0.25) is 4.21 Å². The van der Waals surface area contributed by atoms with E-state index in [1.807, 2.05) is 6.92 Å². The van der Waals surface area contributed by atoms with Crippen molar-refractivity contribution in [3.05, 3.63) is 23.2 Å². The summed E-state index contributed by atoms with van der Waals surface area (Å²) in [6, 6.07) is 5.01. The van der Waals surface area contributed by atoms with Gasteiger partial charge < -0.3 is 5.73 Å². The summed E-state index contributed by atoms with van der Waals surface area (Å²) in [5.41, 5.74) is 6.16. The molecule has 12 heavy (non-hydrogen) atoms. The molecule has 0 saturated heterocycles. The standard InChI is InChI=1S/C8H10ClNOS/c1-2-12(11)8-5-6(9)3-4-7(8)10/h3-5H,2,10H2,1H3. The average Bonchev–Trinajstić information content (AvgIpc) is 2.08. The minimum absolute atomic E-state index is 0.541. The molecule has 0 heterocycles. The summed E-state index contributed by atoms with van der Waals surface area (Å²) in [4.78, 5) is 0.630. The Morgan fingerprint density at radius 3 is 2.83 bits per heavy atom. The van der Waals surface area contributed by atoms with Gasteiger partial charge in [-0.1, -0.05) is 18.5 Å². The van der Waals surface area contributed by atoms with E-state index in [4.69, 9.17) is 17.3 Å². The molecular weight excluding hydrogens is 194 g/mol. The Morgan fingerprint density at radius 1 is 1.58 bits per heavy atom. The Balaban J connectivity index is 3.13. The van der Waals surface area contributed by atoms with Crippen molar-refractivity contribution in [1.29, 1.82) is 0 Å². The van der Waals surface area contributed by atoms with Gasteiger partial charge in [0.2, 0.25) is 0 Å². The van der Waals surface area contributed by atoms with Crippen molar-refractivity contribution in [2.24, 2.45) is 0 Å². The van der Waals surface area contributed by atoms with Crippen LogP contribution in [-0.4, -0.2) is 9.96 Å². The summed E-state index contributed by atoms with van der Waals surface area (Å²) in [7, 11) is -1.02. The first kappa shape index (κ1) is 9.55. The van der Waals surface area contributed by atoms with Gasteiger partial charge in [0.15, 0.2) is 0 Å². The minimum Gasteiger partial charge on any atom is -0.398 e. The van der Waals surface area contributed by atoms with E-state index in [2.05, 4.69) is 0 Å². The van der Waals surface area contributed by atoms with E-state index in [0.717, 1.165) is 0 Å². The Labute approximate surface area is 79.2 Å². The molecule has 0 bridgehead atoms. The Morgan fingerprint density at radius 2 is 2.25 bits per heavy atom. The zero-order chi connectivity index (χ0) is 9.14. The molecule has 66 valence electrons. The number of benzene rings is 1. The molecule has 1 aromatic carbocycles. The normalized spacial score (nSPS) is 12.8. The molecule has 0 saturated carbocycles. The molecule has 2 nitrogen and oxygen atoms in total. The summed E-state index contributed by atoms with van der Waals surface area (Å²) < 4.78 is 11.4. The third-order valence-corrected chi connectivity index (χ3v) is 3.09. The molecule has 1 atom stereocenters. The van der Waals surface area contributed by atoms with Crippen LogP contribution in [-0.2, 0) is 10.8 Å². The number of halogens is 1. The first-order valence-electron chi connectivity index (χ1n) is 3.58. The molecule has 1 rings (SSSR count). The predicted octanol–water partition coefficient (Wildman–Crippen LogP) is 2.05. The molecule has 0 spiro atoms. The number of nitrogen functional groups attached to an aromatic ring is 1. The third kappa shape index (κ3) is 1.99. The molecule has 0 fully saturated rings. The maximum atomic E-state index is 11.4. The van der Waals surface area contributed by atoms with Crippen LogP contribution in [0.3, 0.4) is 0 Å². The number of rotatable bonds is 2. The Kier molecular flexibility index (Phi) is 3.12. The van der Waals surface area contributed by atoms with E-state index in [1.54, 1.807) is 18.2 Å². The van der Waals surface area contributed by atoms with Gasteiger partial charge in [0, 0.05) is 16.5 Å². The second-order valence-electron chi connectivity index (χ2n) is 2.32. The molecule has 1 aromatic rings. The fraction of sp³-hybridized carbons (Fsp3) is 0.250. The zero-order valence-electron chi connectivity index (χ0n) is 6.71. The number of hydrogen-bond acceptors (Lipinski definition) is 2. The zero-order valence-corrected chi connectivity index (χ0v) is 8.28. The van der Waals surface area contributed by atoms with Crippen LogP contribution in [0.25, 0.3) is 0 Å². The monoisotopic (exact) mass is 203 g/mol. The topological polar surface area (TPSA) is 43.1 Å². The first-order chi connectivity index (χ1) is 5.65. The highest BCUT2D eigenvalue weighted by Gasteiger charge is 2.05. The Hall–Kier alpha value is -0.540. The second kappa shape index (κ2) is 3.92. The molecule has 0 aliphatic rings. The lowest BCUT2D eigenvalue weighted by Gasteiger charge is -2.03. The molecule has 0 aromatic heterocycles.